The summed E-state index contributed by atoms with van der Waals surface area (Å²) in [4.78, 5) is 11.7. The van der Waals surface area contributed by atoms with Crippen molar-refractivity contribution in [1.82, 2.24) is 10.6 Å². The Morgan fingerprint density at radius 3 is 2.12 bits per heavy atom. The summed E-state index contributed by atoms with van der Waals surface area (Å²) in [6.45, 7) is 2.02. The van der Waals surface area contributed by atoms with Gasteiger partial charge < -0.3 is 10.6 Å². The van der Waals surface area contributed by atoms with E-state index in [-0.39, 0.29) is 11.7 Å². The van der Waals surface area contributed by atoms with Crippen LogP contribution in [0.3, 0.4) is 0 Å². The van der Waals surface area contributed by atoms with Gasteiger partial charge in [-0.25, -0.2) is 4.39 Å². The maximum absolute atomic E-state index is 12.8. The smallest absolute Gasteiger partial charge is 0.221 e. The van der Waals surface area contributed by atoms with Gasteiger partial charge in [0.25, 0.3) is 0 Å². The highest BCUT2D eigenvalue weighted by molar-refractivity contribution is 6.30. The molecule has 0 aliphatic heterocycles. The number of hydrogen-bond acceptors (Lipinski definition) is 2. The summed E-state index contributed by atoms with van der Waals surface area (Å²) in [7, 11) is 0. The van der Waals surface area contributed by atoms with Gasteiger partial charge in [-0.3, -0.25) is 4.79 Å². The fourth-order valence-electron chi connectivity index (χ4n) is 2.30. The van der Waals surface area contributed by atoms with Crippen molar-refractivity contribution in [1.29, 1.82) is 0 Å². The second-order valence-corrected chi connectivity index (χ2v) is 6.04. The van der Waals surface area contributed by atoms with Crippen LogP contribution in [-0.2, 0) is 17.6 Å². The zero-order chi connectivity index (χ0) is 17.2. The Balaban J connectivity index is 1.51. The van der Waals surface area contributed by atoms with Crippen LogP contribution in [0.1, 0.15) is 17.5 Å². The Morgan fingerprint density at radius 1 is 0.875 bits per heavy atom. The fraction of sp³-hybridized carbons (Fsp3) is 0.316. The minimum absolute atomic E-state index is 0.0400. The molecule has 1 amide bonds. The zero-order valence-corrected chi connectivity index (χ0v) is 14.3. The van der Waals surface area contributed by atoms with E-state index in [0.717, 1.165) is 35.5 Å². The third-order valence-corrected chi connectivity index (χ3v) is 3.93. The fourth-order valence-corrected chi connectivity index (χ4v) is 2.42. The lowest BCUT2D eigenvalue weighted by molar-refractivity contribution is -0.120. The highest BCUT2D eigenvalue weighted by Crippen LogP contribution is 2.09. The van der Waals surface area contributed by atoms with E-state index in [4.69, 9.17) is 11.6 Å². The predicted octanol–water partition coefficient (Wildman–Crippen LogP) is 3.36. The lowest BCUT2D eigenvalue weighted by atomic mass is 10.1. The second kappa shape index (κ2) is 10.1. The number of nitrogens with one attached hydrogen (secondary N) is 2. The summed E-state index contributed by atoms with van der Waals surface area (Å²) in [5.74, 6) is -0.180. The maximum atomic E-state index is 12.8. The average Bonchev–Trinajstić information content (AvgIpc) is 2.58. The van der Waals surface area contributed by atoms with Crippen LogP contribution in [0.25, 0.3) is 0 Å². The summed E-state index contributed by atoms with van der Waals surface area (Å²) < 4.78 is 12.8. The Morgan fingerprint density at radius 2 is 1.46 bits per heavy atom. The SMILES string of the molecule is O=C(CCNCCc1ccc(F)cc1)NCCc1ccc(Cl)cc1. The first kappa shape index (κ1) is 18.4. The standard InChI is InChI=1S/C19H22ClFN2O/c20-17-5-1-15(2-6-17)10-14-23-19(24)11-13-22-12-9-16-3-7-18(21)8-4-16/h1-8,22H,9-14H2,(H,23,24). The number of benzene rings is 2. The third kappa shape index (κ3) is 7.11. The highest BCUT2D eigenvalue weighted by Gasteiger charge is 2.01. The number of rotatable bonds is 9. The van der Waals surface area contributed by atoms with Crippen LogP contribution < -0.4 is 10.6 Å². The largest absolute Gasteiger partial charge is 0.356 e. The van der Waals surface area contributed by atoms with Gasteiger partial charge in [0.15, 0.2) is 0 Å². The first-order valence-corrected chi connectivity index (χ1v) is 8.47. The van der Waals surface area contributed by atoms with Crippen LogP contribution >= 0.6 is 11.6 Å². The Bertz CT molecular complexity index is 629. The van der Waals surface area contributed by atoms with Gasteiger partial charge in [0.2, 0.25) is 5.91 Å². The molecule has 0 radical (unpaired) electrons. The summed E-state index contributed by atoms with van der Waals surface area (Å²) in [5.41, 5.74) is 2.23. The molecule has 0 fully saturated rings. The zero-order valence-electron chi connectivity index (χ0n) is 13.5. The third-order valence-electron chi connectivity index (χ3n) is 3.68. The molecule has 0 bridgehead atoms. The van der Waals surface area contributed by atoms with Gasteiger partial charge in [0, 0.05) is 24.5 Å². The molecule has 128 valence electrons. The predicted molar refractivity (Wildman–Crippen MR) is 95.8 cm³/mol. The van der Waals surface area contributed by atoms with E-state index >= 15 is 0 Å². The lowest BCUT2D eigenvalue weighted by Crippen LogP contribution is -2.29. The maximum Gasteiger partial charge on any atom is 0.221 e. The molecular formula is C19H22ClFN2O. The second-order valence-electron chi connectivity index (χ2n) is 5.60. The Kier molecular flexibility index (Phi) is 7.72. The topological polar surface area (TPSA) is 41.1 Å². The van der Waals surface area contributed by atoms with Crippen LogP contribution in [0.5, 0.6) is 0 Å². The molecule has 3 nitrogen and oxygen atoms in total. The van der Waals surface area contributed by atoms with Crippen LogP contribution in [0, 0.1) is 5.82 Å². The summed E-state index contributed by atoms with van der Waals surface area (Å²) in [5, 5.41) is 6.85. The highest BCUT2D eigenvalue weighted by atomic mass is 35.5. The van der Waals surface area contributed by atoms with Gasteiger partial charge >= 0.3 is 0 Å². The minimum Gasteiger partial charge on any atom is -0.356 e. The van der Waals surface area contributed by atoms with Gasteiger partial charge in [0.05, 0.1) is 0 Å². The lowest BCUT2D eigenvalue weighted by Gasteiger charge is -2.07. The Hall–Kier alpha value is -1.91. The molecule has 0 saturated heterocycles. The molecule has 0 heterocycles. The van der Waals surface area contributed by atoms with E-state index in [1.165, 1.54) is 12.1 Å². The molecule has 0 saturated carbocycles. The molecule has 2 N–H and O–H groups in total. The van der Waals surface area contributed by atoms with Crippen molar-refractivity contribution >= 4 is 17.5 Å². The van der Waals surface area contributed by atoms with Gasteiger partial charge in [-0.1, -0.05) is 35.9 Å². The molecule has 0 spiro atoms. The van der Waals surface area contributed by atoms with Crippen molar-refractivity contribution < 1.29 is 9.18 Å². The van der Waals surface area contributed by atoms with Crippen molar-refractivity contribution in [3.63, 3.8) is 0 Å². The molecule has 2 aromatic rings. The number of carbonyl (C=O) groups is 1. The van der Waals surface area contributed by atoms with Gasteiger partial charge in [-0.15, -0.1) is 0 Å². The average molecular weight is 349 g/mol. The van der Waals surface area contributed by atoms with E-state index in [0.29, 0.717) is 19.5 Å². The molecule has 0 unspecified atom stereocenters. The summed E-state index contributed by atoms with van der Waals surface area (Å²) >= 11 is 5.83. The normalized spacial score (nSPS) is 10.6. The van der Waals surface area contributed by atoms with E-state index < -0.39 is 0 Å². The van der Waals surface area contributed by atoms with Gasteiger partial charge in [0.1, 0.15) is 5.82 Å². The molecule has 0 aromatic heterocycles. The van der Waals surface area contributed by atoms with Crippen molar-refractivity contribution in [3.8, 4) is 0 Å². The van der Waals surface area contributed by atoms with E-state index in [2.05, 4.69) is 10.6 Å². The van der Waals surface area contributed by atoms with Crippen molar-refractivity contribution in [2.24, 2.45) is 0 Å². The minimum atomic E-state index is -0.220. The van der Waals surface area contributed by atoms with Crippen LogP contribution in [-0.4, -0.2) is 25.5 Å². The molecule has 2 aromatic carbocycles. The van der Waals surface area contributed by atoms with Crippen molar-refractivity contribution in [2.75, 3.05) is 19.6 Å². The molecule has 5 heteroatoms. The van der Waals surface area contributed by atoms with Crippen LogP contribution in [0.2, 0.25) is 5.02 Å². The monoisotopic (exact) mass is 348 g/mol. The number of amides is 1. The van der Waals surface area contributed by atoms with E-state index in [9.17, 15) is 9.18 Å². The molecule has 0 aliphatic carbocycles. The van der Waals surface area contributed by atoms with Crippen molar-refractivity contribution in [2.45, 2.75) is 19.3 Å². The summed E-state index contributed by atoms with van der Waals surface area (Å²) in [6.07, 6.45) is 2.06. The van der Waals surface area contributed by atoms with Gasteiger partial charge in [-0.05, 0) is 54.8 Å². The summed E-state index contributed by atoms with van der Waals surface area (Å²) in [6, 6.07) is 14.1. The van der Waals surface area contributed by atoms with E-state index in [1.807, 2.05) is 24.3 Å². The molecule has 0 aliphatic rings. The van der Waals surface area contributed by atoms with Crippen LogP contribution in [0.15, 0.2) is 48.5 Å². The molecule has 0 atom stereocenters. The number of carbonyl (C=O) groups excluding carboxylic acids is 1. The first-order valence-electron chi connectivity index (χ1n) is 8.10. The Labute approximate surface area is 147 Å². The molecular weight excluding hydrogens is 327 g/mol. The first-order chi connectivity index (χ1) is 11.6. The quantitative estimate of drug-likeness (QED) is 0.682. The molecule has 2 rings (SSSR count). The van der Waals surface area contributed by atoms with Crippen LogP contribution in [0.4, 0.5) is 4.39 Å². The van der Waals surface area contributed by atoms with E-state index in [1.54, 1.807) is 12.1 Å². The number of halogens is 2. The molecule has 24 heavy (non-hydrogen) atoms. The number of hydrogen-bond donors (Lipinski definition) is 2. The van der Waals surface area contributed by atoms with Gasteiger partial charge in [-0.2, -0.15) is 0 Å². The van der Waals surface area contributed by atoms with Crippen molar-refractivity contribution in [3.05, 3.63) is 70.5 Å².